The highest BCUT2D eigenvalue weighted by Crippen LogP contribution is 2.05. The Morgan fingerprint density at radius 2 is 1.88 bits per heavy atom. The third kappa shape index (κ3) is 4.69. The number of nitrogens with zero attached hydrogens (tertiary/aromatic N) is 2. The largest absolute Gasteiger partial charge is 0.465 e. The zero-order valence-corrected chi connectivity index (χ0v) is 9.30. The number of nitrogens with one attached hydrogen (secondary N) is 1. The molecule has 92 valence electrons. The summed E-state index contributed by atoms with van der Waals surface area (Å²) < 4.78 is 9.18. The summed E-state index contributed by atoms with van der Waals surface area (Å²) in [5, 5.41) is 17.0. The molecule has 2 heterocycles. The molecule has 0 aliphatic heterocycles. The number of carbonyl (C=O) groups is 1. The van der Waals surface area contributed by atoms with E-state index in [0.717, 1.165) is 5.76 Å². The molecule has 2 rings (SSSR count). The number of rotatable bonds is 1. The van der Waals surface area contributed by atoms with Crippen molar-refractivity contribution in [3.05, 3.63) is 23.7 Å². The van der Waals surface area contributed by atoms with Gasteiger partial charge in [-0.3, -0.25) is 5.32 Å². The molecule has 0 bridgehead atoms. The molecule has 17 heavy (non-hydrogen) atoms. The van der Waals surface area contributed by atoms with Crippen LogP contribution in [0.3, 0.4) is 0 Å². The Kier molecular flexibility index (Phi) is 4.09. The van der Waals surface area contributed by atoms with Gasteiger partial charge < -0.3 is 19.9 Å². The van der Waals surface area contributed by atoms with E-state index in [1.54, 1.807) is 19.9 Å². The van der Waals surface area contributed by atoms with Crippen LogP contribution in [0.5, 0.6) is 0 Å². The second kappa shape index (κ2) is 5.54. The number of anilines is 2. The third-order valence-electron chi connectivity index (χ3n) is 1.51. The summed E-state index contributed by atoms with van der Waals surface area (Å²) in [5.41, 5.74) is 5.17. The first-order chi connectivity index (χ1) is 7.97. The van der Waals surface area contributed by atoms with Crippen LogP contribution in [0.25, 0.3) is 0 Å². The second-order valence-corrected chi connectivity index (χ2v) is 3.12. The molecule has 0 saturated heterocycles. The first kappa shape index (κ1) is 12.6. The van der Waals surface area contributed by atoms with E-state index in [2.05, 4.69) is 19.4 Å². The van der Waals surface area contributed by atoms with E-state index in [4.69, 9.17) is 10.8 Å². The fourth-order valence-corrected chi connectivity index (χ4v) is 0.921. The van der Waals surface area contributed by atoms with Crippen molar-refractivity contribution in [1.82, 2.24) is 10.3 Å². The third-order valence-corrected chi connectivity index (χ3v) is 1.51. The van der Waals surface area contributed by atoms with E-state index in [1.807, 2.05) is 5.32 Å². The van der Waals surface area contributed by atoms with Gasteiger partial charge in [-0.2, -0.15) is 0 Å². The lowest BCUT2D eigenvalue weighted by Gasteiger charge is -1.88. The lowest BCUT2D eigenvalue weighted by molar-refractivity contribution is 0.209. The zero-order valence-electron chi connectivity index (χ0n) is 9.30. The highest BCUT2D eigenvalue weighted by molar-refractivity contribution is 5.81. The van der Waals surface area contributed by atoms with Gasteiger partial charge in [0.1, 0.15) is 11.5 Å². The molecule has 0 saturated carbocycles. The molecule has 0 fully saturated rings. The highest BCUT2D eigenvalue weighted by atomic mass is 16.5. The number of carboxylic acid groups (broad SMARTS) is 1. The monoisotopic (exact) mass is 240 g/mol. The Morgan fingerprint density at radius 1 is 1.29 bits per heavy atom. The van der Waals surface area contributed by atoms with E-state index in [1.165, 1.54) is 6.07 Å². The van der Waals surface area contributed by atoms with Crippen LogP contribution in [-0.4, -0.2) is 21.5 Å². The van der Waals surface area contributed by atoms with E-state index >= 15 is 0 Å². The molecule has 0 spiro atoms. The topological polar surface area (TPSA) is 127 Å². The molecule has 4 N–H and O–H groups in total. The normalized spacial score (nSPS) is 9.29. The Labute approximate surface area is 96.4 Å². The number of aromatic nitrogens is 2. The van der Waals surface area contributed by atoms with Crippen molar-refractivity contribution in [3.63, 3.8) is 0 Å². The molecule has 2 aromatic rings. The standard InChI is InChI=1S/C5H6N2O3.C4H6N2O/c1-3-2-4(7-10-3)6-5(8)9;1-3-2-4(5)6-7-3/h2H,1H3,(H,6,7)(H,8,9);2H,1H3,(H2,5,6). The summed E-state index contributed by atoms with van der Waals surface area (Å²) in [6, 6.07) is 3.16. The van der Waals surface area contributed by atoms with E-state index in [-0.39, 0.29) is 5.82 Å². The molecule has 0 atom stereocenters. The fourth-order valence-electron chi connectivity index (χ4n) is 0.921. The predicted molar refractivity (Wildman–Crippen MR) is 58.5 cm³/mol. The smallest absolute Gasteiger partial charge is 0.410 e. The van der Waals surface area contributed by atoms with Gasteiger partial charge in [0.15, 0.2) is 11.6 Å². The first-order valence-corrected chi connectivity index (χ1v) is 4.59. The summed E-state index contributed by atoms with van der Waals surface area (Å²) in [6.07, 6.45) is -1.15. The quantitative estimate of drug-likeness (QED) is 0.691. The van der Waals surface area contributed by atoms with E-state index < -0.39 is 6.09 Å². The average Bonchev–Trinajstić information content (AvgIpc) is 2.76. The van der Waals surface area contributed by atoms with Gasteiger partial charge in [0.05, 0.1) is 0 Å². The van der Waals surface area contributed by atoms with Crippen molar-refractivity contribution in [1.29, 1.82) is 0 Å². The number of nitrogen functional groups attached to an aromatic ring is 1. The molecule has 1 amide bonds. The van der Waals surface area contributed by atoms with Crippen LogP contribution >= 0.6 is 0 Å². The number of nitrogens with two attached hydrogens (primary N) is 1. The Balaban J connectivity index is 0.000000181. The molecule has 0 unspecified atom stereocenters. The lowest BCUT2D eigenvalue weighted by atomic mass is 10.5. The van der Waals surface area contributed by atoms with Crippen LogP contribution in [0.4, 0.5) is 16.4 Å². The van der Waals surface area contributed by atoms with Gasteiger partial charge in [0.2, 0.25) is 0 Å². The summed E-state index contributed by atoms with van der Waals surface area (Å²) in [4.78, 5) is 9.99. The van der Waals surface area contributed by atoms with Gasteiger partial charge in [0.25, 0.3) is 0 Å². The summed E-state index contributed by atoms with van der Waals surface area (Å²) in [6.45, 7) is 3.48. The molecular formula is C9H12N4O4. The number of aryl methyl sites for hydroxylation is 2. The minimum absolute atomic E-state index is 0.213. The van der Waals surface area contributed by atoms with Crippen LogP contribution in [0, 0.1) is 13.8 Å². The summed E-state index contributed by atoms with van der Waals surface area (Å²) in [7, 11) is 0. The van der Waals surface area contributed by atoms with Crippen molar-refractivity contribution in [2.45, 2.75) is 13.8 Å². The molecule has 8 nitrogen and oxygen atoms in total. The average molecular weight is 240 g/mol. The van der Waals surface area contributed by atoms with Crippen LogP contribution in [-0.2, 0) is 0 Å². The van der Waals surface area contributed by atoms with Gasteiger partial charge in [-0.15, -0.1) is 0 Å². The second-order valence-electron chi connectivity index (χ2n) is 3.12. The summed E-state index contributed by atoms with van der Waals surface area (Å²) in [5.74, 6) is 1.98. The van der Waals surface area contributed by atoms with Crippen molar-refractivity contribution in [3.8, 4) is 0 Å². The highest BCUT2D eigenvalue weighted by Gasteiger charge is 2.01. The molecular weight excluding hydrogens is 228 g/mol. The lowest BCUT2D eigenvalue weighted by Crippen LogP contribution is -2.06. The molecule has 0 radical (unpaired) electrons. The maximum Gasteiger partial charge on any atom is 0.410 e. The minimum Gasteiger partial charge on any atom is -0.465 e. The molecule has 2 aromatic heterocycles. The minimum atomic E-state index is -1.15. The van der Waals surface area contributed by atoms with E-state index in [9.17, 15) is 4.79 Å². The van der Waals surface area contributed by atoms with Crippen LogP contribution in [0.1, 0.15) is 11.5 Å². The maximum absolute atomic E-state index is 9.99. The Morgan fingerprint density at radius 3 is 2.18 bits per heavy atom. The van der Waals surface area contributed by atoms with Gasteiger partial charge >= 0.3 is 6.09 Å². The van der Waals surface area contributed by atoms with Crippen LogP contribution < -0.4 is 11.1 Å². The van der Waals surface area contributed by atoms with Crippen molar-refractivity contribution in [2.75, 3.05) is 11.1 Å². The first-order valence-electron chi connectivity index (χ1n) is 4.59. The van der Waals surface area contributed by atoms with Gasteiger partial charge in [0, 0.05) is 12.1 Å². The Bertz CT molecular complexity index is 474. The van der Waals surface area contributed by atoms with Crippen molar-refractivity contribution < 1.29 is 18.9 Å². The van der Waals surface area contributed by atoms with Gasteiger partial charge in [-0.25, -0.2) is 4.79 Å². The Hall–Kier alpha value is -2.51. The summed E-state index contributed by atoms with van der Waals surface area (Å²) >= 11 is 0. The zero-order chi connectivity index (χ0) is 12.8. The molecule has 0 aliphatic rings. The fraction of sp³-hybridized carbons (Fsp3) is 0.222. The van der Waals surface area contributed by atoms with E-state index in [0.29, 0.717) is 11.6 Å². The van der Waals surface area contributed by atoms with Crippen LogP contribution in [0.15, 0.2) is 21.2 Å². The maximum atomic E-state index is 9.99. The van der Waals surface area contributed by atoms with Crippen molar-refractivity contribution >= 4 is 17.7 Å². The number of hydrogen-bond acceptors (Lipinski definition) is 6. The van der Waals surface area contributed by atoms with Gasteiger partial charge in [-0.05, 0) is 13.8 Å². The van der Waals surface area contributed by atoms with Crippen molar-refractivity contribution in [2.24, 2.45) is 0 Å². The van der Waals surface area contributed by atoms with Crippen LogP contribution in [0.2, 0.25) is 0 Å². The number of hydrogen-bond donors (Lipinski definition) is 3. The van der Waals surface area contributed by atoms with Gasteiger partial charge in [-0.1, -0.05) is 10.3 Å². The molecule has 0 aliphatic carbocycles. The molecule has 8 heteroatoms. The number of amides is 1. The molecule has 0 aromatic carbocycles. The predicted octanol–water partition coefficient (Wildman–Crippen LogP) is 1.64. The SMILES string of the molecule is Cc1cc(N)no1.Cc1cc(NC(=O)O)no1.